The van der Waals surface area contributed by atoms with Crippen LogP contribution in [0.25, 0.3) is 5.84 Å². The first-order chi connectivity index (χ1) is 4.04. The summed E-state index contributed by atoms with van der Waals surface area (Å²) in [6, 6.07) is 0. The Morgan fingerprint density at radius 1 is 1.56 bits per heavy atom. The molecule has 0 heterocycles. The van der Waals surface area contributed by atoms with Gasteiger partial charge in [0, 0.05) is 5.28 Å². The van der Waals surface area contributed by atoms with E-state index in [1.165, 1.54) is 0 Å². The van der Waals surface area contributed by atoms with Crippen LogP contribution >= 0.6 is 0 Å². The summed E-state index contributed by atoms with van der Waals surface area (Å²) in [7, 11) is 0. The molecular formula is H9N7O2. The monoisotopic (exact) mass is 139 g/mol. The van der Waals surface area contributed by atoms with E-state index in [0.29, 0.717) is 0 Å². The molecule has 0 aliphatic rings. The highest BCUT2D eigenvalue weighted by Gasteiger charge is 2.02. The molecule has 2 unspecified atom stereocenters. The molecule has 0 radical (unpaired) electrons. The molecule has 0 spiro atoms. The average molecular weight is 139 g/mol. The molecule has 0 aromatic rings. The lowest BCUT2D eigenvalue weighted by molar-refractivity contribution is -1.56. The van der Waals surface area contributed by atoms with Gasteiger partial charge in [-0.25, -0.2) is 11.7 Å². The summed E-state index contributed by atoms with van der Waals surface area (Å²) in [4.78, 5) is 3.91. The van der Waals surface area contributed by atoms with E-state index in [1.807, 2.05) is 0 Å². The number of quaternary nitrogens is 2. The van der Waals surface area contributed by atoms with E-state index in [2.05, 4.69) is 22.5 Å². The Morgan fingerprint density at radius 3 is 2.11 bits per heavy atom. The van der Waals surface area contributed by atoms with Crippen molar-refractivity contribution in [3.05, 3.63) is 11.0 Å². The molecule has 9 heteroatoms. The van der Waals surface area contributed by atoms with Gasteiger partial charge in [-0.05, 0) is 10.3 Å². The predicted molar refractivity (Wildman–Crippen MR) is 25.1 cm³/mol. The van der Waals surface area contributed by atoms with Crippen molar-refractivity contribution in [2.24, 2.45) is 17.5 Å². The van der Waals surface area contributed by atoms with Gasteiger partial charge >= 0.3 is 0 Å². The zero-order valence-electron chi connectivity index (χ0n) is 4.50. The SMILES string of the molecule is [NH-][NH+](N)[NH+]([O-])ON(N)N. The lowest BCUT2D eigenvalue weighted by atomic mass is 12.1. The topological polar surface area (TPSA) is 146 Å². The molecule has 9 heavy (non-hydrogen) atoms. The van der Waals surface area contributed by atoms with E-state index in [1.54, 1.807) is 0 Å². The number of hydrogen-bond donors (Lipinski definition) is 5. The van der Waals surface area contributed by atoms with Crippen LogP contribution in [-0.4, -0.2) is 5.28 Å². The van der Waals surface area contributed by atoms with Crippen molar-refractivity contribution < 1.29 is 15.5 Å². The maximum atomic E-state index is 10.2. The first-order valence-electron chi connectivity index (χ1n) is 1.90. The summed E-state index contributed by atoms with van der Waals surface area (Å²) in [5.41, 5.74) is 0. The molecule has 0 aliphatic carbocycles. The second kappa shape index (κ2) is 3.62. The van der Waals surface area contributed by atoms with Crippen LogP contribution in [0.15, 0.2) is 0 Å². The first-order valence-corrected chi connectivity index (χ1v) is 1.90. The maximum Gasteiger partial charge on any atom is 0.00423 e. The Hall–Kier alpha value is -0.360. The molecule has 0 saturated heterocycles. The zero-order chi connectivity index (χ0) is 7.44. The molecule has 0 saturated carbocycles. The molecule has 9 nitrogen and oxygen atoms in total. The molecule has 56 valence electrons. The fourth-order valence-corrected chi connectivity index (χ4v) is 0.145. The van der Waals surface area contributed by atoms with Gasteiger partial charge in [0.15, 0.2) is 0 Å². The summed E-state index contributed by atoms with van der Waals surface area (Å²) in [6.45, 7) is 0. The number of nitrogens with one attached hydrogen (secondary N) is 3. The fourth-order valence-electron chi connectivity index (χ4n) is 0.145. The zero-order valence-corrected chi connectivity index (χ0v) is 4.50. The third kappa shape index (κ3) is 4.16. The van der Waals surface area contributed by atoms with Crippen LogP contribution in [0.5, 0.6) is 0 Å². The molecule has 0 amide bonds. The van der Waals surface area contributed by atoms with Crippen molar-refractivity contribution in [2.45, 2.75) is 0 Å². The van der Waals surface area contributed by atoms with Crippen molar-refractivity contribution in [2.75, 3.05) is 0 Å². The van der Waals surface area contributed by atoms with Crippen LogP contribution in [0.3, 0.4) is 0 Å². The minimum absolute atomic E-state index is 0.170. The lowest BCUT2D eigenvalue weighted by Gasteiger charge is -2.25. The summed E-state index contributed by atoms with van der Waals surface area (Å²) in [6.07, 6.45) is 0. The summed E-state index contributed by atoms with van der Waals surface area (Å²) in [5.74, 6) is 20.4. The van der Waals surface area contributed by atoms with E-state index in [4.69, 9.17) is 5.84 Å². The Morgan fingerprint density at radius 2 is 2.00 bits per heavy atom. The third-order valence-corrected chi connectivity index (χ3v) is 0.408. The van der Waals surface area contributed by atoms with Gasteiger partial charge in [0.2, 0.25) is 0 Å². The van der Waals surface area contributed by atoms with E-state index in [0.717, 1.165) is 0 Å². The number of nitrogens with two attached hydrogens (primary N) is 3. The minimum Gasteiger partial charge on any atom is -0.547 e. The molecule has 0 aromatic carbocycles. The van der Waals surface area contributed by atoms with E-state index in [-0.39, 0.29) is 5.28 Å². The smallest absolute Gasteiger partial charge is 0.00423 e. The molecule has 0 aromatic heterocycles. The number of hydrogen-bond acceptors (Lipinski definition) is 6. The van der Waals surface area contributed by atoms with Crippen LogP contribution in [0, 0.1) is 5.21 Å². The Kier molecular flexibility index (Phi) is 3.48. The van der Waals surface area contributed by atoms with Gasteiger partial charge in [-0.2, -0.15) is 0 Å². The van der Waals surface area contributed by atoms with Crippen molar-refractivity contribution in [1.82, 2.24) is 5.28 Å². The van der Waals surface area contributed by atoms with Crippen molar-refractivity contribution in [3.8, 4) is 0 Å². The Bertz CT molecular complexity index is 69.3. The van der Waals surface area contributed by atoms with Gasteiger partial charge in [0.25, 0.3) is 0 Å². The highest BCUT2D eigenvalue weighted by molar-refractivity contribution is 3.84. The maximum absolute atomic E-state index is 10.2. The largest absolute Gasteiger partial charge is 0.547 e. The normalized spacial score (nSPS) is 18.0. The van der Waals surface area contributed by atoms with Gasteiger partial charge in [-0.1, -0.05) is 0 Å². The van der Waals surface area contributed by atoms with Crippen LogP contribution in [0.4, 0.5) is 0 Å². The summed E-state index contributed by atoms with van der Waals surface area (Å²) >= 11 is 0. The predicted octanol–water partition coefficient (Wildman–Crippen LogP) is -5.09. The fraction of sp³-hybridized carbons (Fsp3) is 0. The Balaban J connectivity index is 3.38. The Labute approximate surface area is 50.6 Å². The lowest BCUT2D eigenvalue weighted by Crippen LogP contribution is -3.57. The quantitative estimate of drug-likeness (QED) is 0.195. The first kappa shape index (κ1) is 8.64. The summed E-state index contributed by atoms with van der Waals surface area (Å²) in [5, 5.41) is 8.51. The second-order valence-corrected chi connectivity index (χ2v) is 1.15. The molecule has 2 atom stereocenters. The van der Waals surface area contributed by atoms with Crippen molar-refractivity contribution in [3.63, 3.8) is 0 Å². The van der Waals surface area contributed by atoms with Gasteiger partial charge in [-0.3, -0.25) is 0 Å². The average Bonchev–Trinajstić information content (AvgIpc) is 1.63. The molecule has 0 aliphatic heterocycles. The number of hydrazine groups is 2. The van der Waals surface area contributed by atoms with Gasteiger partial charge in [0.1, 0.15) is 0 Å². The van der Waals surface area contributed by atoms with Gasteiger partial charge < -0.3 is 11.0 Å². The highest BCUT2D eigenvalue weighted by Crippen LogP contribution is 1.44. The molecule has 9 N–H and O–H groups in total. The van der Waals surface area contributed by atoms with E-state index < -0.39 is 10.6 Å². The molecule has 0 bridgehead atoms. The van der Waals surface area contributed by atoms with E-state index >= 15 is 0 Å². The second-order valence-electron chi connectivity index (χ2n) is 1.15. The van der Waals surface area contributed by atoms with Crippen LogP contribution in [0.1, 0.15) is 0 Å². The molecule has 0 fully saturated rings. The number of nitrogens with zero attached hydrogens (tertiary/aromatic N) is 1. The van der Waals surface area contributed by atoms with E-state index in [9.17, 15) is 5.21 Å². The third-order valence-electron chi connectivity index (χ3n) is 0.408. The minimum atomic E-state index is -1.08. The molecular weight excluding hydrogens is 130 g/mol. The summed E-state index contributed by atoms with van der Waals surface area (Å²) < 4.78 is 0. The van der Waals surface area contributed by atoms with Gasteiger partial charge in [-0.15, -0.1) is 11.1 Å². The van der Waals surface area contributed by atoms with Crippen LogP contribution in [-0.2, 0) is 4.94 Å². The van der Waals surface area contributed by atoms with Crippen molar-refractivity contribution in [1.29, 1.82) is 0 Å². The van der Waals surface area contributed by atoms with Gasteiger partial charge in [0.05, 0.1) is 0 Å². The highest BCUT2D eigenvalue weighted by atomic mass is 17.0. The molecule has 0 rings (SSSR count). The van der Waals surface area contributed by atoms with Crippen LogP contribution < -0.4 is 28.1 Å². The van der Waals surface area contributed by atoms with Crippen LogP contribution in [0.2, 0.25) is 0 Å². The number of rotatable bonds is 3. The standard InChI is InChI=1S/H9N7O2/c1-5(2)7(8)9-6(3)4/h1,5,7H,2-4H2. The van der Waals surface area contributed by atoms with Crippen molar-refractivity contribution >= 4 is 0 Å².